The predicted molar refractivity (Wildman–Crippen MR) is 86.6 cm³/mol. The van der Waals surface area contributed by atoms with E-state index in [9.17, 15) is 8.42 Å². The Hall–Kier alpha value is -0.170. The SMILES string of the molecule is CCCNCCCCS(=O)(=O)NC(C)CN(CC)CC. The Morgan fingerprint density at radius 2 is 1.70 bits per heavy atom. The highest BCUT2D eigenvalue weighted by Crippen LogP contribution is 1.98. The van der Waals surface area contributed by atoms with Gasteiger partial charge in [0.05, 0.1) is 5.75 Å². The number of rotatable bonds is 13. The third-order valence-corrected chi connectivity index (χ3v) is 4.84. The van der Waals surface area contributed by atoms with Gasteiger partial charge in [-0.25, -0.2) is 13.1 Å². The summed E-state index contributed by atoms with van der Waals surface area (Å²) in [5, 5.41) is 3.28. The summed E-state index contributed by atoms with van der Waals surface area (Å²) < 4.78 is 26.6. The second kappa shape index (κ2) is 11.5. The van der Waals surface area contributed by atoms with E-state index in [0.29, 0.717) is 6.42 Å². The van der Waals surface area contributed by atoms with E-state index in [1.165, 1.54) is 0 Å². The van der Waals surface area contributed by atoms with Gasteiger partial charge < -0.3 is 10.2 Å². The van der Waals surface area contributed by atoms with Gasteiger partial charge in [-0.2, -0.15) is 0 Å². The van der Waals surface area contributed by atoms with Gasteiger partial charge in [-0.05, 0) is 52.4 Å². The predicted octanol–water partition coefficient (Wildman–Crippen LogP) is 1.42. The van der Waals surface area contributed by atoms with Crippen molar-refractivity contribution in [3.63, 3.8) is 0 Å². The van der Waals surface area contributed by atoms with E-state index in [1.54, 1.807) is 0 Å². The van der Waals surface area contributed by atoms with Crippen molar-refractivity contribution in [2.45, 2.75) is 53.0 Å². The second-order valence-electron chi connectivity index (χ2n) is 5.28. The van der Waals surface area contributed by atoms with Crippen LogP contribution in [0.3, 0.4) is 0 Å². The lowest BCUT2D eigenvalue weighted by Gasteiger charge is -2.23. The monoisotopic (exact) mass is 307 g/mol. The van der Waals surface area contributed by atoms with Gasteiger partial charge in [-0.1, -0.05) is 20.8 Å². The molecule has 0 aromatic rings. The fourth-order valence-electron chi connectivity index (χ4n) is 2.12. The van der Waals surface area contributed by atoms with Crippen molar-refractivity contribution in [3.05, 3.63) is 0 Å². The summed E-state index contributed by atoms with van der Waals surface area (Å²) >= 11 is 0. The first kappa shape index (κ1) is 19.8. The van der Waals surface area contributed by atoms with Crippen LogP contribution in [0.15, 0.2) is 0 Å². The third-order valence-electron chi connectivity index (χ3n) is 3.25. The second-order valence-corrected chi connectivity index (χ2v) is 7.15. The molecule has 0 spiro atoms. The van der Waals surface area contributed by atoms with E-state index in [0.717, 1.165) is 45.6 Å². The maximum Gasteiger partial charge on any atom is 0.211 e. The average molecular weight is 308 g/mol. The molecule has 0 aliphatic heterocycles. The summed E-state index contributed by atoms with van der Waals surface area (Å²) in [7, 11) is -3.14. The quantitative estimate of drug-likeness (QED) is 0.505. The molecule has 0 fully saturated rings. The van der Waals surface area contributed by atoms with Crippen LogP contribution >= 0.6 is 0 Å². The molecule has 0 aliphatic carbocycles. The lowest BCUT2D eigenvalue weighted by molar-refractivity contribution is 0.282. The van der Waals surface area contributed by atoms with Crippen LogP contribution in [-0.2, 0) is 10.0 Å². The molecule has 20 heavy (non-hydrogen) atoms. The third kappa shape index (κ3) is 10.6. The number of hydrogen-bond acceptors (Lipinski definition) is 4. The Morgan fingerprint density at radius 1 is 1.05 bits per heavy atom. The van der Waals surface area contributed by atoms with Gasteiger partial charge in [-0.3, -0.25) is 0 Å². The molecule has 0 rings (SSSR count). The molecule has 0 aromatic carbocycles. The molecular formula is C14H33N3O2S. The molecule has 0 radical (unpaired) electrons. The lowest BCUT2D eigenvalue weighted by atomic mass is 10.3. The van der Waals surface area contributed by atoms with Gasteiger partial charge in [0.25, 0.3) is 0 Å². The zero-order chi connectivity index (χ0) is 15.4. The van der Waals surface area contributed by atoms with Gasteiger partial charge in [0.15, 0.2) is 0 Å². The van der Waals surface area contributed by atoms with Gasteiger partial charge in [0.1, 0.15) is 0 Å². The molecular weight excluding hydrogens is 274 g/mol. The van der Waals surface area contributed by atoms with Gasteiger partial charge >= 0.3 is 0 Å². The molecule has 2 N–H and O–H groups in total. The highest BCUT2D eigenvalue weighted by atomic mass is 32.2. The molecule has 0 saturated heterocycles. The minimum Gasteiger partial charge on any atom is -0.317 e. The molecule has 0 saturated carbocycles. The van der Waals surface area contributed by atoms with E-state index in [2.05, 4.69) is 35.7 Å². The molecule has 5 nitrogen and oxygen atoms in total. The molecule has 1 atom stereocenters. The molecule has 122 valence electrons. The van der Waals surface area contributed by atoms with Crippen LogP contribution in [0.4, 0.5) is 0 Å². The van der Waals surface area contributed by atoms with Crippen molar-refractivity contribution in [2.24, 2.45) is 0 Å². The Kier molecular flexibility index (Phi) is 11.4. The number of hydrogen-bond donors (Lipinski definition) is 2. The molecule has 1 unspecified atom stereocenters. The van der Waals surface area contributed by atoms with Gasteiger partial charge in [0.2, 0.25) is 10.0 Å². The van der Waals surface area contributed by atoms with Crippen LogP contribution in [0.5, 0.6) is 0 Å². The minimum absolute atomic E-state index is 0.0295. The standard InChI is InChI=1S/C14H33N3O2S/c1-5-10-15-11-8-9-12-20(18,19)16-14(4)13-17(6-2)7-3/h14-16H,5-13H2,1-4H3. The summed E-state index contributed by atoms with van der Waals surface area (Å²) in [6.45, 7) is 12.8. The van der Waals surface area contributed by atoms with Crippen molar-refractivity contribution < 1.29 is 8.42 Å². The zero-order valence-corrected chi connectivity index (χ0v) is 14.4. The van der Waals surface area contributed by atoms with Crippen LogP contribution in [-0.4, -0.2) is 57.8 Å². The summed E-state index contributed by atoms with van der Waals surface area (Å²) in [4.78, 5) is 2.22. The zero-order valence-electron chi connectivity index (χ0n) is 13.6. The Bertz CT molecular complexity index is 316. The maximum atomic E-state index is 11.9. The number of nitrogens with zero attached hydrogens (tertiary/aromatic N) is 1. The summed E-state index contributed by atoms with van der Waals surface area (Å²) in [6, 6.07) is -0.0295. The topological polar surface area (TPSA) is 61.4 Å². The summed E-state index contributed by atoms with van der Waals surface area (Å²) in [6.07, 6.45) is 2.73. The highest BCUT2D eigenvalue weighted by molar-refractivity contribution is 7.89. The average Bonchev–Trinajstić information content (AvgIpc) is 2.39. The van der Waals surface area contributed by atoms with Crippen LogP contribution in [0.1, 0.15) is 47.0 Å². The van der Waals surface area contributed by atoms with Crippen LogP contribution in [0.25, 0.3) is 0 Å². The van der Waals surface area contributed by atoms with E-state index in [4.69, 9.17) is 0 Å². The molecule has 0 aliphatic rings. The first-order valence-corrected chi connectivity index (χ1v) is 9.53. The Morgan fingerprint density at radius 3 is 2.25 bits per heavy atom. The lowest BCUT2D eigenvalue weighted by Crippen LogP contribution is -2.42. The van der Waals surface area contributed by atoms with Crippen LogP contribution < -0.4 is 10.0 Å². The first-order chi connectivity index (χ1) is 9.45. The fraction of sp³-hybridized carbons (Fsp3) is 1.00. The Labute approximate surface area is 125 Å². The van der Waals surface area contributed by atoms with Crippen molar-refractivity contribution in [1.29, 1.82) is 0 Å². The number of unbranched alkanes of at least 4 members (excludes halogenated alkanes) is 1. The Balaban J connectivity index is 3.88. The summed E-state index contributed by atoms with van der Waals surface area (Å²) in [5.74, 6) is 0.226. The van der Waals surface area contributed by atoms with Crippen molar-refractivity contribution >= 4 is 10.0 Å². The molecule has 0 bridgehead atoms. The van der Waals surface area contributed by atoms with Crippen LogP contribution in [0.2, 0.25) is 0 Å². The van der Waals surface area contributed by atoms with Gasteiger partial charge in [0, 0.05) is 12.6 Å². The van der Waals surface area contributed by atoms with Gasteiger partial charge in [-0.15, -0.1) is 0 Å². The van der Waals surface area contributed by atoms with E-state index in [1.807, 2.05) is 6.92 Å². The normalized spacial score (nSPS) is 13.8. The number of likely N-dealkylation sites (N-methyl/N-ethyl adjacent to an activating group) is 1. The van der Waals surface area contributed by atoms with E-state index < -0.39 is 10.0 Å². The molecule has 0 amide bonds. The van der Waals surface area contributed by atoms with E-state index in [-0.39, 0.29) is 11.8 Å². The molecule has 0 aromatic heterocycles. The fourth-order valence-corrected chi connectivity index (χ4v) is 3.51. The first-order valence-electron chi connectivity index (χ1n) is 7.88. The number of nitrogens with one attached hydrogen (secondary N) is 2. The van der Waals surface area contributed by atoms with Crippen LogP contribution in [0, 0.1) is 0 Å². The van der Waals surface area contributed by atoms with Crippen molar-refractivity contribution in [2.75, 3.05) is 38.5 Å². The van der Waals surface area contributed by atoms with E-state index >= 15 is 0 Å². The van der Waals surface area contributed by atoms with Crippen molar-refractivity contribution in [1.82, 2.24) is 14.9 Å². The molecule has 6 heteroatoms. The molecule has 0 heterocycles. The number of sulfonamides is 1. The largest absolute Gasteiger partial charge is 0.317 e. The minimum atomic E-state index is -3.14. The smallest absolute Gasteiger partial charge is 0.211 e. The van der Waals surface area contributed by atoms with Crippen molar-refractivity contribution in [3.8, 4) is 0 Å². The maximum absolute atomic E-state index is 11.9. The highest BCUT2D eigenvalue weighted by Gasteiger charge is 2.15. The summed E-state index contributed by atoms with van der Waals surface area (Å²) in [5.41, 5.74) is 0.